The third-order valence-electron chi connectivity index (χ3n) is 4.17. The molecule has 0 atom stereocenters. The molecule has 4 rings (SSSR count). The minimum Gasteiger partial charge on any atom is -0.287 e. The van der Waals surface area contributed by atoms with Gasteiger partial charge in [0.25, 0.3) is 0 Å². The van der Waals surface area contributed by atoms with Crippen LogP contribution in [0.2, 0.25) is 0 Å². The van der Waals surface area contributed by atoms with Crippen molar-refractivity contribution in [2.24, 2.45) is 0 Å². The third kappa shape index (κ3) is 2.59. The topological polar surface area (TPSA) is 20.9 Å². The minimum absolute atomic E-state index is 0.122. The van der Waals surface area contributed by atoms with Crippen LogP contribution in [0.1, 0.15) is 10.4 Å². The normalized spacial score (nSPS) is 11.0. The molecule has 0 amide bonds. The van der Waals surface area contributed by atoms with E-state index in [0.717, 1.165) is 27.2 Å². The SMILES string of the molecule is O=C(C[n+]1cccc2ccccc21)c1ccc2ccccc2c1. The molecule has 0 saturated carbocycles. The van der Waals surface area contributed by atoms with E-state index in [1.165, 1.54) is 0 Å². The Balaban J connectivity index is 1.70. The van der Waals surface area contributed by atoms with Gasteiger partial charge in [-0.2, -0.15) is 4.57 Å². The summed E-state index contributed by atoms with van der Waals surface area (Å²) in [6.07, 6.45) is 1.96. The Morgan fingerprint density at radius 3 is 2.30 bits per heavy atom. The van der Waals surface area contributed by atoms with Crippen molar-refractivity contribution in [3.8, 4) is 0 Å². The summed E-state index contributed by atoms with van der Waals surface area (Å²) in [6.45, 7) is 0.347. The molecule has 0 N–H and O–H groups in total. The Hall–Kier alpha value is -3.00. The standard InChI is InChI=1S/C21H16NO/c23-21(19-12-11-16-6-1-2-8-18(16)14-19)15-22-13-5-9-17-7-3-4-10-20(17)22/h1-14H,15H2/q+1. The largest absolute Gasteiger partial charge is 0.287 e. The number of hydrogen-bond acceptors (Lipinski definition) is 1. The summed E-state index contributed by atoms with van der Waals surface area (Å²) in [4.78, 5) is 12.7. The maximum atomic E-state index is 12.7. The molecule has 0 bridgehead atoms. The van der Waals surface area contributed by atoms with Crippen molar-refractivity contribution in [2.75, 3.05) is 0 Å². The van der Waals surface area contributed by atoms with Crippen LogP contribution in [0.15, 0.2) is 85.1 Å². The first-order valence-electron chi connectivity index (χ1n) is 7.70. The van der Waals surface area contributed by atoms with Crippen molar-refractivity contribution < 1.29 is 9.36 Å². The maximum absolute atomic E-state index is 12.7. The van der Waals surface area contributed by atoms with Crippen LogP contribution in [0, 0.1) is 0 Å². The van der Waals surface area contributed by atoms with Crippen LogP contribution < -0.4 is 4.57 Å². The molecule has 0 spiro atoms. The molecule has 0 unspecified atom stereocenters. The number of carbonyl (C=O) groups excluding carboxylic acids is 1. The van der Waals surface area contributed by atoms with Crippen LogP contribution in [0.25, 0.3) is 21.7 Å². The van der Waals surface area contributed by atoms with Gasteiger partial charge in [-0.05, 0) is 29.0 Å². The van der Waals surface area contributed by atoms with Crippen LogP contribution in [-0.2, 0) is 6.54 Å². The summed E-state index contributed by atoms with van der Waals surface area (Å²) < 4.78 is 2.01. The summed E-state index contributed by atoms with van der Waals surface area (Å²) in [5, 5.41) is 3.39. The molecule has 110 valence electrons. The molecular weight excluding hydrogens is 282 g/mol. The smallest absolute Gasteiger partial charge is 0.227 e. The Kier molecular flexibility index (Phi) is 3.35. The molecule has 23 heavy (non-hydrogen) atoms. The van der Waals surface area contributed by atoms with Gasteiger partial charge in [-0.3, -0.25) is 4.79 Å². The number of rotatable bonds is 3. The van der Waals surface area contributed by atoms with E-state index in [-0.39, 0.29) is 5.78 Å². The van der Waals surface area contributed by atoms with Gasteiger partial charge in [-0.25, -0.2) is 0 Å². The number of benzene rings is 3. The zero-order chi connectivity index (χ0) is 15.6. The van der Waals surface area contributed by atoms with Crippen LogP contribution >= 0.6 is 0 Å². The predicted molar refractivity (Wildman–Crippen MR) is 92.4 cm³/mol. The highest BCUT2D eigenvalue weighted by atomic mass is 16.1. The van der Waals surface area contributed by atoms with Crippen molar-refractivity contribution in [1.82, 2.24) is 0 Å². The Bertz CT molecular complexity index is 1010. The Morgan fingerprint density at radius 2 is 1.43 bits per heavy atom. The predicted octanol–water partition coefficient (Wildman–Crippen LogP) is 4.16. The Labute approximate surface area is 134 Å². The number of para-hydroxylation sites is 1. The third-order valence-corrected chi connectivity index (χ3v) is 4.17. The van der Waals surface area contributed by atoms with Crippen molar-refractivity contribution in [2.45, 2.75) is 6.54 Å². The summed E-state index contributed by atoms with van der Waals surface area (Å²) in [5.41, 5.74) is 1.83. The number of nitrogens with zero attached hydrogens (tertiary/aromatic N) is 1. The molecule has 3 aromatic carbocycles. The van der Waals surface area contributed by atoms with Crippen LogP contribution in [0.5, 0.6) is 0 Å². The van der Waals surface area contributed by atoms with E-state index < -0.39 is 0 Å². The van der Waals surface area contributed by atoms with E-state index in [9.17, 15) is 4.79 Å². The van der Waals surface area contributed by atoms with E-state index >= 15 is 0 Å². The lowest BCUT2D eigenvalue weighted by molar-refractivity contribution is -0.657. The van der Waals surface area contributed by atoms with Gasteiger partial charge in [0.05, 0.1) is 0 Å². The van der Waals surface area contributed by atoms with Crippen molar-refractivity contribution in [3.63, 3.8) is 0 Å². The summed E-state index contributed by atoms with van der Waals surface area (Å²) in [5.74, 6) is 0.122. The van der Waals surface area contributed by atoms with E-state index in [0.29, 0.717) is 6.54 Å². The molecule has 0 aliphatic carbocycles. The molecule has 0 fully saturated rings. The number of pyridine rings is 1. The van der Waals surface area contributed by atoms with Gasteiger partial charge in [0.15, 0.2) is 6.20 Å². The lowest BCUT2D eigenvalue weighted by Crippen LogP contribution is -2.38. The molecule has 0 aliphatic heterocycles. The quantitative estimate of drug-likeness (QED) is 0.411. The lowest BCUT2D eigenvalue weighted by atomic mass is 10.0. The summed E-state index contributed by atoms with van der Waals surface area (Å²) >= 11 is 0. The summed E-state index contributed by atoms with van der Waals surface area (Å²) in [7, 11) is 0. The number of fused-ring (bicyclic) bond motifs is 2. The number of ketones is 1. The van der Waals surface area contributed by atoms with Gasteiger partial charge in [0.2, 0.25) is 17.8 Å². The highest BCUT2D eigenvalue weighted by Gasteiger charge is 2.15. The van der Waals surface area contributed by atoms with E-state index in [1.54, 1.807) is 0 Å². The first-order valence-corrected chi connectivity index (χ1v) is 7.70. The first kappa shape index (κ1) is 13.6. The zero-order valence-electron chi connectivity index (χ0n) is 12.6. The monoisotopic (exact) mass is 298 g/mol. The fourth-order valence-electron chi connectivity index (χ4n) is 2.97. The van der Waals surface area contributed by atoms with Crippen LogP contribution in [0.3, 0.4) is 0 Å². The van der Waals surface area contributed by atoms with Gasteiger partial charge < -0.3 is 0 Å². The van der Waals surface area contributed by atoms with Gasteiger partial charge in [0, 0.05) is 23.1 Å². The van der Waals surface area contributed by atoms with Gasteiger partial charge in [-0.15, -0.1) is 0 Å². The number of carbonyl (C=O) groups is 1. The number of hydrogen-bond donors (Lipinski definition) is 0. The second-order valence-corrected chi connectivity index (χ2v) is 5.68. The maximum Gasteiger partial charge on any atom is 0.227 e. The molecule has 2 heteroatoms. The minimum atomic E-state index is 0.122. The molecule has 1 aromatic heterocycles. The zero-order valence-corrected chi connectivity index (χ0v) is 12.6. The lowest BCUT2D eigenvalue weighted by Gasteiger charge is -2.03. The molecule has 4 aromatic rings. The average Bonchev–Trinajstić information content (AvgIpc) is 2.61. The fourth-order valence-corrected chi connectivity index (χ4v) is 2.97. The molecule has 2 nitrogen and oxygen atoms in total. The van der Waals surface area contributed by atoms with E-state index in [4.69, 9.17) is 0 Å². The number of Topliss-reactive ketones (excluding diaryl/α,β-unsaturated/α-hetero) is 1. The molecule has 1 heterocycles. The molecule has 0 saturated heterocycles. The van der Waals surface area contributed by atoms with Crippen LogP contribution in [-0.4, -0.2) is 5.78 Å². The van der Waals surface area contributed by atoms with E-state index in [1.807, 2.05) is 71.4 Å². The Morgan fingerprint density at radius 1 is 0.739 bits per heavy atom. The second kappa shape index (κ2) is 5.65. The number of aromatic nitrogens is 1. The van der Waals surface area contributed by atoms with Gasteiger partial charge in [0.1, 0.15) is 0 Å². The van der Waals surface area contributed by atoms with Gasteiger partial charge in [-0.1, -0.05) is 48.5 Å². The summed E-state index contributed by atoms with van der Waals surface area (Å²) in [6, 6.07) is 26.2. The van der Waals surface area contributed by atoms with Crippen molar-refractivity contribution in [1.29, 1.82) is 0 Å². The van der Waals surface area contributed by atoms with E-state index in [2.05, 4.69) is 18.2 Å². The molecule has 0 radical (unpaired) electrons. The van der Waals surface area contributed by atoms with Crippen molar-refractivity contribution >= 4 is 27.5 Å². The van der Waals surface area contributed by atoms with Crippen LogP contribution in [0.4, 0.5) is 0 Å². The second-order valence-electron chi connectivity index (χ2n) is 5.68. The average molecular weight is 298 g/mol. The molecule has 0 aliphatic rings. The van der Waals surface area contributed by atoms with Crippen molar-refractivity contribution in [3.05, 3.63) is 90.6 Å². The highest BCUT2D eigenvalue weighted by molar-refractivity contribution is 5.99. The molecular formula is C21H16NO+. The first-order chi connectivity index (χ1) is 11.3. The van der Waals surface area contributed by atoms with Gasteiger partial charge >= 0.3 is 0 Å². The fraction of sp³-hybridized carbons (Fsp3) is 0.0476. The highest BCUT2D eigenvalue weighted by Crippen LogP contribution is 2.16.